The second-order valence-electron chi connectivity index (χ2n) is 12.0. The van der Waals surface area contributed by atoms with Gasteiger partial charge in [-0.1, -0.05) is 33.4 Å². The zero-order valence-electron chi connectivity index (χ0n) is 27.1. The number of hydrogen-bond acceptors (Lipinski definition) is 9. The highest BCUT2D eigenvalue weighted by Gasteiger charge is 2.35. The van der Waals surface area contributed by atoms with Gasteiger partial charge in [-0.05, 0) is 55.9 Å². The Hall–Kier alpha value is -4.01. The molecule has 1 heterocycles. The van der Waals surface area contributed by atoms with E-state index in [1.54, 1.807) is 39.8 Å². The lowest BCUT2D eigenvalue weighted by atomic mass is 9.88. The second-order valence-corrected chi connectivity index (χ2v) is 12.0. The average Bonchev–Trinajstić information content (AvgIpc) is 2.99. The molecule has 0 saturated carbocycles. The summed E-state index contributed by atoms with van der Waals surface area (Å²) in [5.41, 5.74) is 2.18. The van der Waals surface area contributed by atoms with Gasteiger partial charge >= 0.3 is 5.97 Å². The average molecular weight is 649 g/mol. The summed E-state index contributed by atoms with van der Waals surface area (Å²) in [4.78, 5) is 60.7. The van der Waals surface area contributed by atoms with Crippen LogP contribution < -0.4 is 21.3 Å². The van der Waals surface area contributed by atoms with Crippen LogP contribution in [0.4, 0.5) is 5.69 Å². The van der Waals surface area contributed by atoms with Gasteiger partial charge in [0.05, 0.1) is 43.6 Å². The van der Waals surface area contributed by atoms with Crippen LogP contribution >= 0.6 is 0 Å². The summed E-state index contributed by atoms with van der Waals surface area (Å²) in [6, 6.07) is 3.33. The third kappa shape index (κ3) is 12.4. The molecule has 1 saturated heterocycles. The van der Waals surface area contributed by atoms with E-state index in [9.17, 15) is 34.2 Å². The molecular formula is C32H48N4O10. The van der Waals surface area contributed by atoms with Crippen LogP contribution in [0.15, 0.2) is 30.5 Å². The maximum atomic E-state index is 13.1. The number of aliphatic hydroxyl groups is 2. The zero-order chi connectivity index (χ0) is 34.6. The monoisotopic (exact) mass is 648 g/mol. The predicted molar refractivity (Wildman–Crippen MR) is 168 cm³/mol. The summed E-state index contributed by atoms with van der Waals surface area (Å²) in [5, 5.41) is 39.5. The summed E-state index contributed by atoms with van der Waals surface area (Å²) in [5.74, 6) is -3.62. The lowest BCUT2D eigenvalue weighted by Crippen LogP contribution is -2.55. The van der Waals surface area contributed by atoms with Gasteiger partial charge in [-0.2, -0.15) is 0 Å². The van der Waals surface area contributed by atoms with Gasteiger partial charge in [0.15, 0.2) is 0 Å². The molecule has 6 atom stereocenters. The van der Waals surface area contributed by atoms with Crippen molar-refractivity contribution in [3.63, 3.8) is 0 Å². The fourth-order valence-electron chi connectivity index (χ4n) is 4.74. The number of aryl methyl sites for hydroxylation is 1. The van der Waals surface area contributed by atoms with Crippen molar-refractivity contribution in [3.8, 4) is 0 Å². The van der Waals surface area contributed by atoms with E-state index in [1.165, 1.54) is 6.92 Å². The van der Waals surface area contributed by atoms with Crippen molar-refractivity contribution in [2.75, 3.05) is 18.5 Å². The third-order valence-corrected chi connectivity index (χ3v) is 7.68. The molecule has 0 spiro atoms. The molecule has 0 bridgehead atoms. The van der Waals surface area contributed by atoms with Crippen LogP contribution in [0.2, 0.25) is 0 Å². The highest BCUT2D eigenvalue weighted by molar-refractivity contribution is 5.98. The number of aliphatic hydroxyl groups excluding tert-OH is 2. The van der Waals surface area contributed by atoms with Crippen molar-refractivity contribution < 1.29 is 48.8 Å². The van der Waals surface area contributed by atoms with E-state index in [-0.39, 0.29) is 37.9 Å². The molecule has 0 aliphatic carbocycles. The number of aliphatic carboxylic acids is 1. The SMILES string of the molecule is C=C(C)OCc1ccc(NC(=O)[C@H](C)NC(=O)C(NC(=O)CNC(=O)CCC(=O)O)C(C)C)cc1CC[C@@H]1OC[C@@H](O)[C@H](C)[C@H]1O. The Morgan fingerprint density at radius 3 is 2.35 bits per heavy atom. The van der Waals surface area contributed by atoms with Gasteiger partial charge in [-0.25, -0.2) is 0 Å². The molecule has 14 nitrogen and oxygen atoms in total. The number of carbonyl (C=O) groups is 5. The first-order valence-electron chi connectivity index (χ1n) is 15.4. The van der Waals surface area contributed by atoms with Crippen molar-refractivity contribution in [2.24, 2.45) is 11.8 Å². The lowest BCUT2D eigenvalue weighted by Gasteiger charge is -2.36. The largest absolute Gasteiger partial charge is 0.494 e. The minimum Gasteiger partial charge on any atom is -0.494 e. The summed E-state index contributed by atoms with van der Waals surface area (Å²) in [6.07, 6.45) is -1.72. The Labute approximate surface area is 269 Å². The van der Waals surface area contributed by atoms with Gasteiger partial charge in [0.1, 0.15) is 18.7 Å². The summed E-state index contributed by atoms with van der Waals surface area (Å²) >= 11 is 0. The Balaban J connectivity index is 2.03. The lowest BCUT2D eigenvalue weighted by molar-refractivity contribution is -0.155. The molecule has 1 aliphatic rings. The van der Waals surface area contributed by atoms with E-state index >= 15 is 0 Å². The topological polar surface area (TPSA) is 213 Å². The molecule has 2 rings (SSSR count). The molecule has 46 heavy (non-hydrogen) atoms. The van der Waals surface area contributed by atoms with Crippen LogP contribution in [0, 0.1) is 11.8 Å². The quantitative estimate of drug-likeness (QED) is 0.119. The van der Waals surface area contributed by atoms with Gasteiger partial charge < -0.3 is 46.1 Å². The van der Waals surface area contributed by atoms with E-state index in [4.69, 9.17) is 14.6 Å². The molecule has 1 aromatic carbocycles. The number of allylic oxidation sites excluding steroid dienone is 1. The number of nitrogens with one attached hydrogen (secondary N) is 4. The first-order chi connectivity index (χ1) is 21.6. The van der Waals surface area contributed by atoms with Crippen LogP contribution in [0.1, 0.15) is 65.0 Å². The molecule has 0 aromatic heterocycles. The molecular weight excluding hydrogens is 600 g/mol. The first kappa shape index (κ1) is 38.2. The van der Waals surface area contributed by atoms with Crippen molar-refractivity contribution in [1.29, 1.82) is 0 Å². The van der Waals surface area contributed by atoms with Gasteiger partial charge in [-0.15, -0.1) is 0 Å². The fraction of sp³-hybridized carbons (Fsp3) is 0.594. The summed E-state index contributed by atoms with van der Waals surface area (Å²) in [6.45, 7) is 12.2. The number of rotatable bonds is 17. The van der Waals surface area contributed by atoms with Crippen molar-refractivity contribution >= 4 is 35.3 Å². The van der Waals surface area contributed by atoms with Crippen molar-refractivity contribution in [1.82, 2.24) is 16.0 Å². The van der Waals surface area contributed by atoms with Crippen LogP contribution in [0.5, 0.6) is 0 Å². The molecule has 1 aliphatic heterocycles. The molecule has 0 radical (unpaired) electrons. The number of carboxylic acid groups (broad SMARTS) is 1. The Bertz CT molecular complexity index is 1250. The van der Waals surface area contributed by atoms with Crippen LogP contribution in [-0.2, 0) is 46.5 Å². The smallest absolute Gasteiger partial charge is 0.303 e. The van der Waals surface area contributed by atoms with Crippen LogP contribution in [0.3, 0.4) is 0 Å². The molecule has 1 unspecified atom stereocenters. The third-order valence-electron chi connectivity index (χ3n) is 7.68. The minimum absolute atomic E-state index is 0.140. The Morgan fingerprint density at radius 1 is 1.02 bits per heavy atom. The second kappa shape index (κ2) is 18.2. The number of carbonyl (C=O) groups excluding carboxylic acids is 4. The minimum atomic E-state index is -1.14. The maximum Gasteiger partial charge on any atom is 0.303 e. The zero-order valence-corrected chi connectivity index (χ0v) is 27.1. The van der Waals surface area contributed by atoms with E-state index in [0.29, 0.717) is 24.3 Å². The van der Waals surface area contributed by atoms with Crippen LogP contribution in [-0.4, -0.2) is 88.5 Å². The number of ether oxygens (including phenoxy) is 2. The number of hydrogen-bond donors (Lipinski definition) is 7. The highest BCUT2D eigenvalue weighted by Crippen LogP contribution is 2.26. The van der Waals surface area contributed by atoms with Crippen LogP contribution in [0.25, 0.3) is 0 Å². The van der Waals surface area contributed by atoms with Gasteiger partial charge in [0, 0.05) is 18.0 Å². The fourth-order valence-corrected chi connectivity index (χ4v) is 4.74. The maximum absolute atomic E-state index is 13.1. The standard InChI is InChI=1S/C32H48N4O10/c1-17(2)29(36-27(39)14-33-26(38)11-12-28(40)41)32(44)34-20(6)31(43)35-23-9-7-22(15-45-18(3)4)21(13-23)8-10-25-30(42)19(5)24(37)16-46-25/h7,9,13,17,19-20,24-25,29-30,37,42H,3,8,10-12,14-16H2,1-2,4-6H3,(H,33,38)(H,34,44)(H,35,43)(H,36,39)(H,40,41)/t19-,20-,24+,25-,29?,30+/m0/s1. The Kier molecular flexibility index (Phi) is 15.1. The molecule has 14 heteroatoms. The molecule has 256 valence electrons. The van der Waals surface area contributed by atoms with E-state index in [0.717, 1.165) is 11.1 Å². The van der Waals surface area contributed by atoms with Gasteiger partial charge in [-0.3, -0.25) is 24.0 Å². The number of anilines is 1. The molecule has 1 aromatic rings. The summed E-state index contributed by atoms with van der Waals surface area (Å²) in [7, 11) is 0. The number of carboxylic acids is 1. The van der Waals surface area contributed by atoms with E-state index in [2.05, 4.69) is 27.8 Å². The number of benzene rings is 1. The van der Waals surface area contributed by atoms with Crippen molar-refractivity contribution in [2.45, 2.75) is 97.3 Å². The molecule has 7 N–H and O–H groups in total. The molecule has 1 fully saturated rings. The van der Waals surface area contributed by atoms with E-state index < -0.39 is 66.5 Å². The number of amides is 4. The van der Waals surface area contributed by atoms with Crippen molar-refractivity contribution in [3.05, 3.63) is 41.7 Å². The van der Waals surface area contributed by atoms with Gasteiger partial charge in [0.25, 0.3) is 0 Å². The Morgan fingerprint density at radius 2 is 1.72 bits per heavy atom. The van der Waals surface area contributed by atoms with E-state index in [1.807, 2.05) is 6.07 Å². The molecule has 4 amide bonds. The highest BCUT2D eigenvalue weighted by atomic mass is 16.5. The normalized spacial score (nSPS) is 20.6. The van der Waals surface area contributed by atoms with Gasteiger partial charge in [0.2, 0.25) is 23.6 Å². The summed E-state index contributed by atoms with van der Waals surface area (Å²) < 4.78 is 11.3. The first-order valence-corrected chi connectivity index (χ1v) is 15.4. The predicted octanol–water partition coefficient (Wildman–Crippen LogP) is 0.991.